The second-order valence-corrected chi connectivity index (χ2v) is 18.0. The van der Waals surface area contributed by atoms with Crippen molar-refractivity contribution in [2.75, 3.05) is 9.80 Å². The SMILES string of the molecule is Cc1c(-c2cc(N3C(=O)C4CC5C(=CCC6C(=O)N(c7ccc(-c8nc9ccccc9o8)cc7)C(=O)C65)C(c5cccc(O)c5)C4(C)C3=O)n(C)n2)sc2ccc(Cl)cc12. The highest BCUT2D eigenvalue weighted by Crippen LogP contribution is 2.64. The highest BCUT2D eigenvalue weighted by molar-refractivity contribution is 7.22. The van der Waals surface area contributed by atoms with Crippen LogP contribution in [0.4, 0.5) is 11.5 Å². The van der Waals surface area contributed by atoms with Crippen LogP contribution in [0.15, 0.2) is 113 Å². The number of amides is 4. The van der Waals surface area contributed by atoms with Gasteiger partial charge in [0, 0.05) is 34.3 Å². The van der Waals surface area contributed by atoms with Gasteiger partial charge in [-0.15, -0.1) is 11.3 Å². The van der Waals surface area contributed by atoms with Gasteiger partial charge in [0.15, 0.2) is 5.58 Å². The summed E-state index contributed by atoms with van der Waals surface area (Å²) in [4.78, 5) is 67.1. The van der Waals surface area contributed by atoms with Crippen LogP contribution in [0.2, 0.25) is 5.02 Å². The van der Waals surface area contributed by atoms with Gasteiger partial charge in [-0.3, -0.25) is 28.8 Å². The van der Waals surface area contributed by atoms with E-state index in [-0.39, 0.29) is 35.8 Å². The van der Waals surface area contributed by atoms with E-state index in [4.69, 9.17) is 21.1 Å². The number of benzene rings is 4. The third-order valence-corrected chi connectivity index (χ3v) is 14.9. The molecular formula is C47H36ClN5O6S. The molecule has 4 aliphatic rings. The van der Waals surface area contributed by atoms with Crippen LogP contribution in [0.25, 0.3) is 43.2 Å². The second kappa shape index (κ2) is 13.1. The van der Waals surface area contributed by atoms with Crippen molar-refractivity contribution >= 4 is 79.3 Å². The Kier molecular flexibility index (Phi) is 7.99. The zero-order valence-corrected chi connectivity index (χ0v) is 34.2. The Morgan fingerprint density at radius 2 is 1.68 bits per heavy atom. The number of oxazole rings is 1. The van der Waals surface area contributed by atoms with E-state index in [2.05, 4.69) is 4.98 Å². The average molecular weight is 834 g/mol. The van der Waals surface area contributed by atoms with Crippen LogP contribution in [-0.2, 0) is 26.2 Å². The molecule has 2 aliphatic heterocycles. The molecule has 11 nitrogen and oxygen atoms in total. The molecule has 5 heterocycles. The fourth-order valence-electron chi connectivity index (χ4n) is 10.5. The molecule has 2 aliphatic carbocycles. The minimum Gasteiger partial charge on any atom is -0.508 e. The number of aromatic nitrogens is 3. The molecule has 11 rings (SSSR count). The van der Waals surface area contributed by atoms with Crippen molar-refractivity contribution < 1.29 is 28.7 Å². The van der Waals surface area contributed by atoms with Gasteiger partial charge in [-0.25, -0.2) is 9.88 Å². The van der Waals surface area contributed by atoms with E-state index in [1.165, 1.54) is 9.80 Å². The first kappa shape index (κ1) is 36.7. The Hall–Kier alpha value is -6.37. The van der Waals surface area contributed by atoms with Gasteiger partial charge in [0.2, 0.25) is 29.5 Å². The van der Waals surface area contributed by atoms with Crippen molar-refractivity contribution in [2.45, 2.75) is 32.6 Å². The number of phenolic OH excluding ortho intramolecular Hbond substituents is 1. The molecule has 298 valence electrons. The Bertz CT molecular complexity index is 3020. The van der Waals surface area contributed by atoms with E-state index in [0.717, 1.165) is 31.6 Å². The number of imide groups is 2. The molecule has 6 unspecified atom stereocenters. The maximum atomic E-state index is 15.1. The molecule has 3 aromatic heterocycles. The highest BCUT2D eigenvalue weighted by Gasteiger charge is 2.68. The molecular weight excluding hydrogens is 798 g/mol. The van der Waals surface area contributed by atoms with Crippen molar-refractivity contribution in [1.29, 1.82) is 0 Å². The van der Waals surface area contributed by atoms with Crippen LogP contribution in [0.1, 0.15) is 36.8 Å². The van der Waals surface area contributed by atoms with Crippen LogP contribution in [0.3, 0.4) is 0 Å². The molecule has 2 saturated heterocycles. The molecule has 13 heteroatoms. The minimum absolute atomic E-state index is 0.0218. The molecule has 3 fully saturated rings. The smallest absolute Gasteiger partial charge is 0.242 e. The molecule has 4 aromatic carbocycles. The summed E-state index contributed by atoms with van der Waals surface area (Å²) in [6.07, 6.45) is 2.50. The maximum Gasteiger partial charge on any atom is 0.242 e. The number of aryl methyl sites for hydroxylation is 2. The summed E-state index contributed by atoms with van der Waals surface area (Å²) < 4.78 is 8.57. The summed E-state index contributed by atoms with van der Waals surface area (Å²) in [6.45, 7) is 3.84. The highest BCUT2D eigenvalue weighted by atomic mass is 35.5. The van der Waals surface area contributed by atoms with E-state index in [1.807, 2.05) is 68.5 Å². The average Bonchev–Trinajstić information content (AvgIpc) is 4.02. The molecule has 7 aromatic rings. The predicted molar refractivity (Wildman–Crippen MR) is 228 cm³/mol. The number of aromatic hydroxyl groups is 1. The molecule has 60 heavy (non-hydrogen) atoms. The van der Waals surface area contributed by atoms with Crippen molar-refractivity contribution in [1.82, 2.24) is 14.8 Å². The van der Waals surface area contributed by atoms with Gasteiger partial charge in [0.1, 0.15) is 22.8 Å². The number of thiophene rings is 1. The number of phenols is 1. The van der Waals surface area contributed by atoms with Gasteiger partial charge >= 0.3 is 0 Å². The lowest BCUT2D eigenvalue weighted by atomic mass is 9.51. The van der Waals surface area contributed by atoms with Crippen LogP contribution in [-0.4, -0.2) is 43.5 Å². The number of rotatable bonds is 5. The Morgan fingerprint density at radius 1 is 0.883 bits per heavy atom. The Labute approximate surface area is 352 Å². The fraction of sp³-hybridized carbons (Fsp3) is 0.234. The zero-order chi connectivity index (χ0) is 41.4. The topological polar surface area (TPSA) is 139 Å². The summed E-state index contributed by atoms with van der Waals surface area (Å²) in [7, 11) is 1.72. The number of hydrogen-bond acceptors (Lipinski definition) is 9. The number of fused-ring (bicyclic) bond motifs is 6. The molecule has 0 spiro atoms. The first-order chi connectivity index (χ1) is 28.9. The number of allylic oxidation sites excluding steroid dienone is 2. The molecule has 6 atom stereocenters. The van der Waals surface area contributed by atoms with E-state index in [1.54, 1.807) is 71.6 Å². The summed E-state index contributed by atoms with van der Waals surface area (Å²) in [5.41, 5.74) is 4.37. The third kappa shape index (κ3) is 5.13. The molecule has 1 N–H and O–H groups in total. The summed E-state index contributed by atoms with van der Waals surface area (Å²) >= 11 is 7.90. The van der Waals surface area contributed by atoms with Crippen molar-refractivity contribution in [2.24, 2.45) is 36.1 Å². The van der Waals surface area contributed by atoms with Gasteiger partial charge in [-0.2, -0.15) is 5.10 Å². The maximum absolute atomic E-state index is 15.1. The molecule has 0 radical (unpaired) electrons. The van der Waals surface area contributed by atoms with Gasteiger partial charge in [-0.1, -0.05) is 47.5 Å². The number of carbonyl (C=O) groups is 4. The van der Waals surface area contributed by atoms with E-state index in [9.17, 15) is 19.5 Å². The summed E-state index contributed by atoms with van der Waals surface area (Å²) in [5, 5.41) is 17.2. The Balaban J connectivity index is 0.959. The number of halogens is 1. The van der Waals surface area contributed by atoms with Gasteiger partial charge in [0.25, 0.3) is 0 Å². The van der Waals surface area contributed by atoms with Crippen molar-refractivity contribution in [3.8, 4) is 27.8 Å². The molecule has 0 bridgehead atoms. The first-order valence-electron chi connectivity index (χ1n) is 19.9. The number of carbonyl (C=O) groups excluding carboxylic acids is 4. The van der Waals surface area contributed by atoms with Gasteiger partial charge in [0.05, 0.1) is 33.7 Å². The third-order valence-electron chi connectivity index (χ3n) is 13.4. The number of anilines is 2. The lowest BCUT2D eigenvalue weighted by Gasteiger charge is -2.49. The second-order valence-electron chi connectivity index (χ2n) is 16.5. The quantitative estimate of drug-likeness (QED) is 0.134. The van der Waals surface area contributed by atoms with Gasteiger partial charge in [-0.05, 0) is 116 Å². The first-order valence-corrected chi connectivity index (χ1v) is 21.1. The number of para-hydroxylation sites is 2. The Morgan fingerprint density at radius 3 is 2.47 bits per heavy atom. The lowest BCUT2D eigenvalue weighted by Crippen LogP contribution is -2.48. The van der Waals surface area contributed by atoms with Crippen LogP contribution in [0, 0.1) is 36.0 Å². The molecule has 4 amide bonds. The van der Waals surface area contributed by atoms with Crippen LogP contribution < -0.4 is 9.80 Å². The fourth-order valence-corrected chi connectivity index (χ4v) is 11.9. The van der Waals surface area contributed by atoms with E-state index < -0.39 is 35.0 Å². The van der Waals surface area contributed by atoms with Gasteiger partial charge < -0.3 is 9.52 Å². The molecule has 1 saturated carbocycles. The summed E-state index contributed by atoms with van der Waals surface area (Å²) in [5.74, 6) is -3.99. The van der Waals surface area contributed by atoms with E-state index >= 15 is 4.79 Å². The monoisotopic (exact) mass is 833 g/mol. The van der Waals surface area contributed by atoms with Crippen LogP contribution in [0.5, 0.6) is 5.75 Å². The van der Waals surface area contributed by atoms with Crippen molar-refractivity contribution in [3.05, 3.63) is 125 Å². The number of hydrogen-bond donors (Lipinski definition) is 1. The van der Waals surface area contributed by atoms with Crippen molar-refractivity contribution in [3.63, 3.8) is 0 Å². The van der Waals surface area contributed by atoms with Crippen LogP contribution >= 0.6 is 22.9 Å². The minimum atomic E-state index is -1.28. The summed E-state index contributed by atoms with van der Waals surface area (Å²) in [6, 6.07) is 28.8. The zero-order valence-electron chi connectivity index (χ0n) is 32.6. The predicted octanol–water partition coefficient (Wildman–Crippen LogP) is 9.21. The largest absolute Gasteiger partial charge is 0.508 e. The standard InChI is InChI=1S/C47H36ClN5O6S/c1-23-31-20-26(48)13-18-37(31)60-41(23)35-22-38(51(3)50-35)53-44(56)33-21-32-29(40(47(33,2)46(53)58)25-7-6-8-28(54)19-25)16-17-30-39(32)45(57)52(43(30)55)27-14-11-24(12-15-27)42-49-34-9-4-5-10-36(34)59-42/h4-16,18-20,22,30,32-33,39-40,54H,17,21H2,1-3H3. The number of nitrogens with zero attached hydrogens (tertiary/aromatic N) is 5. The normalized spacial score (nSPS) is 25.0. The lowest BCUT2D eigenvalue weighted by molar-refractivity contribution is -0.131. The van der Waals surface area contributed by atoms with E-state index in [0.29, 0.717) is 51.2 Å².